The van der Waals surface area contributed by atoms with Crippen LogP contribution in [0.3, 0.4) is 0 Å². The molecule has 2 aromatic rings. The molecule has 1 heterocycles. The van der Waals surface area contributed by atoms with Crippen molar-refractivity contribution in [3.05, 3.63) is 48.0 Å². The minimum absolute atomic E-state index is 0.0215. The second-order valence-electron chi connectivity index (χ2n) is 6.77. The van der Waals surface area contributed by atoms with Crippen molar-refractivity contribution in [1.82, 2.24) is 0 Å². The highest BCUT2D eigenvalue weighted by Gasteiger charge is 2.17. The van der Waals surface area contributed by atoms with Gasteiger partial charge in [0.05, 0.1) is 18.9 Å². The predicted octanol–water partition coefficient (Wildman–Crippen LogP) is 4.68. The Balaban J connectivity index is 1.49. The lowest BCUT2D eigenvalue weighted by atomic mass is 10.2. The molecule has 0 radical (unpaired) electrons. The van der Waals surface area contributed by atoms with Crippen molar-refractivity contribution < 1.29 is 19.0 Å². The third-order valence-electron chi connectivity index (χ3n) is 4.52. The molecule has 6 heteroatoms. The lowest BCUT2D eigenvalue weighted by molar-refractivity contribution is -0.115. The SMILES string of the molecule is COc1ccc(SCCC(=O)Nc2ccc(C)cc2OCC2CCCO2)cc1. The Kier molecular flexibility index (Phi) is 7.62. The van der Waals surface area contributed by atoms with E-state index in [9.17, 15) is 4.79 Å². The average Bonchev–Trinajstić information content (AvgIpc) is 3.22. The second-order valence-corrected chi connectivity index (χ2v) is 7.94. The van der Waals surface area contributed by atoms with Gasteiger partial charge in [0.25, 0.3) is 0 Å². The first-order valence-corrected chi connectivity index (χ1v) is 10.5. The molecule has 1 atom stereocenters. The molecule has 0 spiro atoms. The molecular weight excluding hydrogens is 374 g/mol. The molecule has 5 nitrogen and oxygen atoms in total. The number of rotatable bonds is 9. The minimum atomic E-state index is -0.0215. The standard InChI is InChI=1S/C22H27NO4S/c1-16-5-10-20(21(14-16)27-15-18-4-3-12-26-18)23-22(24)11-13-28-19-8-6-17(25-2)7-9-19/h5-10,14,18H,3-4,11-13,15H2,1-2H3,(H,23,24). The van der Waals surface area contributed by atoms with E-state index in [1.807, 2.05) is 49.4 Å². The number of nitrogens with one attached hydrogen (secondary N) is 1. The molecule has 0 saturated carbocycles. The van der Waals surface area contributed by atoms with Crippen LogP contribution in [0.5, 0.6) is 11.5 Å². The van der Waals surface area contributed by atoms with E-state index in [0.29, 0.717) is 30.2 Å². The van der Waals surface area contributed by atoms with Crippen LogP contribution in [0.2, 0.25) is 0 Å². The first-order chi connectivity index (χ1) is 13.6. The highest BCUT2D eigenvalue weighted by atomic mass is 32.2. The zero-order valence-corrected chi connectivity index (χ0v) is 17.2. The Morgan fingerprint density at radius 3 is 2.79 bits per heavy atom. The van der Waals surface area contributed by atoms with E-state index in [1.165, 1.54) is 0 Å². The highest BCUT2D eigenvalue weighted by molar-refractivity contribution is 7.99. The molecule has 28 heavy (non-hydrogen) atoms. The normalized spacial score (nSPS) is 16.0. The number of benzene rings is 2. The Bertz CT molecular complexity index is 773. The van der Waals surface area contributed by atoms with Gasteiger partial charge < -0.3 is 19.5 Å². The summed E-state index contributed by atoms with van der Waals surface area (Å²) >= 11 is 1.65. The summed E-state index contributed by atoms with van der Waals surface area (Å²) in [5.41, 5.74) is 1.80. The van der Waals surface area contributed by atoms with Gasteiger partial charge in [0.15, 0.2) is 0 Å². The molecule has 1 aliphatic heterocycles. The maximum Gasteiger partial charge on any atom is 0.225 e. The molecule has 1 saturated heterocycles. The van der Waals surface area contributed by atoms with Crippen molar-refractivity contribution in [3.8, 4) is 11.5 Å². The molecule has 1 amide bonds. The summed E-state index contributed by atoms with van der Waals surface area (Å²) in [6, 6.07) is 13.7. The number of hydrogen-bond donors (Lipinski definition) is 1. The fraction of sp³-hybridized carbons (Fsp3) is 0.409. The summed E-state index contributed by atoms with van der Waals surface area (Å²) in [7, 11) is 1.65. The fourth-order valence-electron chi connectivity index (χ4n) is 2.96. The van der Waals surface area contributed by atoms with E-state index < -0.39 is 0 Å². The van der Waals surface area contributed by atoms with E-state index in [2.05, 4.69) is 5.32 Å². The summed E-state index contributed by atoms with van der Waals surface area (Å²) in [5, 5.41) is 2.98. The number of methoxy groups -OCH3 is 1. The number of aryl methyl sites for hydroxylation is 1. The summed E-state index contributed by atoms with van der Waals surface area (Å²) in [6.45, 7) is 3.33. The van der Waals surface area contributed by atoms with E-state index in [4.69, 9.17) is 14.2 Å². The molecule has 0 bridgehead atoms. The van der Waals surface area contributed by atoms with Crippen LogP contribution in [-0.2, 0) is 9.53 Å². The average molecular weight is 402 g/mol. The minimum Gasteiger partial charge on any atom is -0.497 e. The van der Waals surface area contributed by atoms with Crippen molar-refractivity contribution in [2.45, 2.75) is 37.2 Å². The van der Waals surface area contributed by atoms with Crippen LogP contribution in [0.4, 0.5) is 5.69 Å². The Morgan fingerprint density at radius 2 is 2.07 bits per heavy atom. The predicted molar refractivity (Wildman–Crippen MR) is 113 cm³/mol. The van der Waals surface area contributed by atoms with Gasteiger partial charge in [-0.05, 0) is 61.7 Å². The first-order valence-electron chi connectivity index (χ1n) is 9.56. The second kappa shape index (κ2) is 10.4. The Labute approximate surface area is 170 Å². The largest absolute Gasteiger partial charge is 0.497 e. The summed E-state index contributed by atoms with van der Waals surface area (Å²) < 4.78 is 16.7. The topological polar surface area (TPSA) is 56.8 Å². The summed E-state index contributed by atoms with van der Waals surface area (Å²) in [6.07, 6.45) is 2.67. The van der Waals surface area contributed by atoms with E-state index in [0.717, 1.165) is 35.7 Å². The molecule has 0 aromatic heterocycles. The maximum atomic E-state index is 12.4. The molecule has 0 aliphatic carbocycles. The number of anilines is 1. The van der Waals surface area contributed by atoms with Crippen LogP contribution in [0.25, 0.3) is 0 Å². The molecule has 1 fully saturated rings. The van der Waals surface area contributed by atoms with E-state index in [1.54, 1.807) is 18.9 Å². The molecule has 1 N–H and O–H groups in total. The fourth-order valence-corrected chi connectivity index (χ4v) is 3.81. The number of carbonyl (C=O) groups excluding carboxylic acids is 1. The van der Waals surface area contributed by atoms with Crippen molar-refractivity contribution in [1.29, 1.82) is 0 Å². The number of hydrogen-bond acceptors (Lipinski definition) is 5. The first kappa shape index (κ1) is 20.6. The van der Waals surface area contributed by atoms with E-state index >= 15 is 0 Å². The Morgan fingerprint density at radius 1 is 1.25 bits per heavy atom. The van der Waals surface area contributed by atoms with Crippen LogP contribution >= 0.6 is 11.8 Å². The third-order valence-corrected chi connectivity index (χ3v) is 5.53. The van der Waals surface area contributed by atoms with Crippen molar-refractivity contribution in [3.63, 3.8) is 0 Å². The Hall–Kier alpha value is -2.18. The zero-order chi connectivity index (χ0) is 19.8. The molecule has 2 aromatic carbocycles. The van der Waals surface area contributed by atoms with Gasteiger partial charge in [-0.2, -0.15) is 0 Å². The van der Waals surface area contributed by atoms with Gasteiger partial charge in [-0.3, -0.25) is 4.79 Å². The smallest absolute Gasteiger partial charge is 0.225 e. The molecule has 150 valence electrons. The van der Waals surface area contributed by atoms with Gasteiger partial charge in [-0.1, -0.05) is 6.07 Å². The van der Waals surface area contributed by atoms with Crippen LogP contribution in [-0.4, -0.2) is 38.1 Å². The van der Waals surface area contributed by atoms with E-state index in [-0.39, 0.29) is 12.0 Å². The van der Waals surface area contributed by atoms with Crippen molar-refractivity contribution in [2.24, 2.45) is 0 Å². The number of amides is 1. The van der Waals surface area contributed by atoms with Crippen molar-refractivity contribution in [2.75, 3.05) is 31.4 Å². The van der Waals surface area contributed by atoms with Gasteiger partial charge in [0.1, 0.15) is 18.1 Å². The van der Waals surface area contributed by atoms with Crippen LogP contribution in [0.1, 0.15) is 24.8 Å². The highest BCUT2D eigenvalue weighted by Crippen LogP contribution is 2.28. The molecule has 3 rings (SSSR count). The molecule has 1 aliphatic rings. The molecular formula is C22H27NO4S. The monoisotopic (exact) mass is 401 g/mol. The van der Waals surface area contributed by atoms with Gasteiger partial charge in [0.2, 0.25) is 5.91 Å². The lowest BCUT2D eigenvalue weighted by Gasteiger charge is -2.16. The zero-order valence-electron chi connectivity index (χ0n) is 16.4. The molecule has 1 unspecified atom stereocenters. The number of thioether (sulfide) groups is 1. The third kappa shape index (κ3) is 6.17. The lowest BCUT2D eigenvalue weighted by Crippen LogP contribution is -2.18. The summed E-state index contributed by atoms with van der Waals surface area (Å²) in [4.78, 5) is 13.5. The van der Waals surface area contributed by atoms with Crippen LogP contribution in [0, 0.1) is 6.92 Å². The number of ether oxygens (including phenoxy) is 3. The van der Waals surface area contributed by atoms with Gasteiger partial charge in [-0.25, -0.2) is 0 Å². The van der Waals surface area contributed by atoms with Gasteiger partial charge >= 0.3 is 0 Å². The number of carbonyl (C=O) groups is 1. The van der Waals surface area contributed by atoms with Crippen LogP contribution in [0.15, 0.2) is 47.4 Å². The van der Waals surface area contributed by atoms with Gasteiger partial charge in [0, 0.05) is 23.7 Å². The van der Waals surface area contributed by atoms with Crippen LogP contribution < -0.4 is 14.8 Å². The van der Waals surface area contributed by atoms with Gasteiger partial charge in [-0.15, -0.1) is 11.8 Å². The summed E-state index contributed by atoms with van der Waals surface area (Å²) in [5.74, 6) is 2.21. The maximum absolute atomic E-state index is 12.4. The van der Waals surface area contributed by atoms with Crippen molar-refractivity contribution >= 4 is 23.4 Å². The quantitative estimate of drug-likeness (QED) is 0.618.